The molecule has 8 heteroatoms. The summed E-state index contributed by atoms with van der Waals surface area (Å²) >= 11 is 1.47. The molecule has 0 radical (unpaired) electrons. The molecule has 0 aliphatic heterocycles. The molecule has 32 heavy (non-hydrogen) atoms. The monoisotopic (exact) mass is 444 g/mol. The van der Waals surface area contributed by atoms with Gasteiger partial charge in [0.25, 0.3) is 5.91 Å². The minimum Gasteiger partial charge on any atom is -0.367 e. The van der Waals surface area contributed by atoms with Crippen molar-refractivity contribution >= 4 is 33.3 Å². The number of hydrogen-bond acceptors (Lipinski definition) is 7. The highest BCUT2D eigenvalue weighted by molar-refractivity contribution is 7.18. The van der Waals surface area contributed by atoms with Crippen LogP contribution in [0.25, 0.3) is 21.6 Å². The van der Waals surface area contributed by atoms with Crippen LogP contribution >= 0.6 is 11.3 Å². The molecule has 1 amide bonds. The number of benzene rings is 1. The first kappa shape index (κ1) is 20.5. The Hall–Kier alpha value is -3.36. The van der Waals surface area contributed by atoms with Gasteiger partial charge in [0.1, 0.15) is 11.3 Å². The molecule has 3 heterocycles. The average Bonchev–Trinajstić information content (AvgIpc) is 3.53. The number of aromatic nitrogens is 3. The van der Waals surface area contributed by atoms with E-state index >= 15 is 0 Å². The van der Waals surface area contributed by atoms with E-state index in [1.54, 1.807) is 12.4 Å². The van der Waals surface area contributed by atoms with E-state index in [4.69, 9.17) is 15.7 Å². The quantitative estimate of drug-likeness (QED) is 0.383. The molecule has 1 fully saturated rings. The first-order valence-electron chi connectivity index (χ1n) is 10.7. The zero-order valence-corrected chi connectivity index (χ0v) is 18.3. The number of hydrogen-bond donors (Lipinski definition) is 3. The van der Waals surface area contributed by atoms with Gasteiger partial charge in [0, 0.05) is 42.0 Å². The molecule has 1 unspecified atom stereocenters. The molecule has 1 aliphatic carbocycles. The molecular weight excluding hydrogens is 420 g/mol. The molecule has 1 aromatic carbocycles. The summed E-state index contributed by atoms with van der Waals surface area (Å²) in [6.07, 6.45) is 6.26. The third-order valence-electron chi connectivity index (χ3n) is 5.38. The van der Waals surface area contributed by atoms with E-state index in [0.717, 1.165) is 29.5 Å². The van der Waals surface area contributed by atoms with Gasteiger partial charge in [-0.3, -0.25) is 9.78 Å². The maximum atomic E-state index is 12.8. The number of thiophene rings is 1. The molecule has 3 aromatic heterocycles. The third-order valence-corrected chi connectivity index (χ3v) is 6.36. The molecule has 4 N–H and O–H groups in total. The van der Waals surface area contributed by atoms with E-state index < -0.39 is 0 Å². The zero-order valence-electron chi connectivity index (χ0n) is 17.5. The standard InChI is InChI=1S/C24H24N6OS/c25-17(12-15-4-2-1-3-5-15)13-27-23-21-20(19(14-32-21)24(31)28-18-6-7-18)29-22(30-23)16-8-10-26-11-9-16/h1-5,8-11,14,17-18H,6-7,12-13,25H2,(H,28,31)(H,27,29,30). The largest absolute Gasteiger partial charge is 0.367 e. The Morgan fingerprint density at radius 2 is 1.91 bits per heavy atom. The highest BCUT2D eigenvalue weighted by atomic mass is 32.1. The van der Waals surface area contributed by atoms with Crippen LogP contribution in [-0.4, -0.2) is 39.5 Å². The Kier molecular flexibility index (Phi) is 5.79. The van der Waals surface area contributed by atoms with E-state index in [-0.39, 0.29) is 18.0 Å². The van der Waals surface area contributed by atoms with Crippen LogP contribution in [0.4, 0.5) is 5.82 Å². The summed E-state index contributed by atoms with van der Waals surface area (Å²) < 4.78 is 0.857. The second-order valence-corrected chi connectivity index (χ2v) is 8.92. The van der Waals surface area contributed by atoms with Crippen LogP contribution in [0, 0.1) is 0 Å². The van der Waals surface area contributed by atoms with Crippen molar-refractivity contribution in [1.29, 1.82) is 0 Å². The lowest BCUT2D eigenvalue weighted by atomic mass is 10.1. The fraction of sp³-hybridized carbons (Fsp3) is 0.250. The topological polar surface area (TPSA) is 106 Å². The number of anilines is 1. The number of amides is 1. The molecule has 0 saturated heterocycles. The molecule has 5 rings (SSSR count). The first-order chi connectivity index (χ1) is 15.7. The normalized spacial score (nSPS) is 14.3. The Bertz CT molecular complexity index is 1220. The Balaban J connectivity index is 1.44. The summed E-state index contributed by atoms with van der Waals surface area (Å²) in [5.41, 5.74) is 9.68. The summed E-state index contributed by atoms with van der Waals surface area (Å²) in [4.78, 5) is 26.4. The summed E-state index contributed by atoms with van der Waals surface area (Å²) in [5.74, 6) is 1.17. The molecule has 0 bridgehead atoms. The van der Waals surface area contributed by atoms with Gasteiger partial charge in [0.05, 0.1) is 10.3 Å². The van der Waals surface area contributed by atoms with E-state index in [9.17, 15) is 4.79 Å². The van der Waals surface area contributed by atoms with Gasteiger partial charge in [-0.15, -0.1) is 11.3 Å². The zero-order chi connectivity index (χ0) is 21.9. The minimum atomic E-state index is -0.0793. The summed E-state index contributed by atoms with van der Waals surface area (Å²) in [5, 5.41) is 8.34. The van der Waals surface area contributed by atoms with Gasteiger partial charge in [-0.1, -0.05) is 30.3 Å². The van der Waals surface area contributed by atoms with E-state index in [0.29, 0.717) is 29.3 Å². The lowest BCUT2D eigenvalue weighted by molar-refractivity contribution is 0.0953. The highest BCUT2D eigenvalue weighted by Crippen LogP contribution is 2.33. The van der Waals surface area contributed by atoms with Gasteiger partial charge in [0.15, 0.2) is 5.82 Å². The van der Waals surface area contributed by atoms with Gasteiger partial charge in [-0.05, 0) is 37.0 Å². The smallest absolute Gasteiger partial charge is 0.254 e. The van der Waals surface area contributed by atoms with Crippen molar-refractivity contribution in [1.82, 2.24) is 20.3 Å². The van der Waals surface area contributed by atoms with Crippen LogP contribution in [-0.2, 0) is 6.42 Å². The maximum Gasteiger partial charge on any atom is 0.254 e. The predicted octanol–water partition coefficient (Wildman–Crippen LogP) is 3.63. The van der Waals surface area contributed by atoms with Crippen molar-refractivity contribution in [3.8, 4) is 11.4 Å². The number of carbonyl (C=O) groups is 1. The molecule has 7 nitrogen and oxygen atoms in total. The van der Waals surface area contributed by atoms with Crippen LogP contribution < -0.4 is 16.4 Å². The number of fused-ring (bicyclic) bond motifs is 1. The first-order valence-corrected chi connectivity index (χ1v) is 11.6. The molecule has 1 aliphatic rings. The van der Waals surface area contributed by atoms with Crippen LogP contribution in [0.3, 0.4) is 0 Å². The van der Waals surface area contributed by atoms with Crippen molar-refractivity contribution in [3.05, 3.63) is 71.4 Å². The summed E-state index contributed by atoms with van der Waals surface area (Å²) in [6.45, 7) is 0.554. The lowest BCUT2D eigenvalue weighted by Gasteiger charge is -2.14. The molecule has 0 spiro atoms. The maximum absolute atomic E-state index is 12.8. The lowest BCUT2D eigenvalue weighted by Crippen LogP contribution is -2.31. The fourth-order valence-corrected chi connectivity index (χ4v) is 4.49. The number of nitrogens with one attached hydrogen (secondary N) is 2. The van der Waals surface area contributed by atoms with Crippen molar-refractivity contribution in [2.24, 2.45) is 5.73 Å². The number of nitrogens with two attached hydrogens (primary N) is 1. The second-order valence-electron chi connectivity index (χ2n) is 8.04. The number of carbonyl (C=O) groups excluding carboxylic acids is 1. The molecule has 1 atom stereocenters. The second kappa shape index (κ2) is 9.02. The minimum absolute atomic E-state index is 0.0788. The van der Waals surface area contributed by atoms with E-state index in [2.05, 4.69) is 27.8 Å². The van der Waals surface area contributed by atoms with Crippen LogP contribution in [0.1, 0.15) is 28.8 Å². The number of rotatable bonds is 8. The summed E-state index contributed by atoms with van der Waals surface area (Å²) in [7, 11) is 0. The highest BCUT2D eigenvalue weighted by Gasteiger charge is 2.26. The van der Waals surface area contributed by atoms with Gasteiger partial charge in [0.2, 0.25) is 0 Å². The van der Waals surface area contributed by atoms with Crippen molar-refractivity contribution in [2.75, 3.05) is 11.9 Å². The Morgan fingerprint density at radius 1 is 1.12 bits per heavy atom. The predicted molar refractivity (Wildman–Crippen MR) is 128 cm³/mol. The van der Waals surface area contributed by atoms with Crippen molar-refractivity contribution in [2.45, 2.75) is 31.3 Å². The van der Waals surface area contributed by atoms with Gasteiger partial charge >= 0.3 is 0 Å². The van der Waals surface area contributed by atoms with E-state index in [1.807, 2.05) is 35.7 Å². The summed E-state index contributed by atoms with van der Waals surface area (Å²) in [6, 6.07) is 14.1. The Morgan fingerprint density at radius 3 is 2.66 bits per heavy atom. The van der Waals surface area contributed by atoms with Gasteiger partial charge in [-0.2, -0.15) is 0 Å². The molecule has 162 valence electrons. The van der Waals surface area contributed by atoms with Crippen LogP contribution in [0.15, 0.2) is 60.2 Å². The number of nitrogens with zero attached hydrogens (tertiary/aromatic N) is 3. The molecule has 1 saturated carbocycles. The van der Waals surface area contributed by atoms with Crippen LogP contribution in [0.2, 0.25) is 0 Å². The fourth-order valence-electron chi connectivity index (χ4n) is 3.54. The van der Waals surface area contributed by atoms with E-state index in [1.165, 1.54) is 16.9 Å². The van der Waals surface area contributed by atoms with Gasteiger partial charge < -0.3 is 16.4 Å². The average molecular weight is 445 g/mol. The Labute approximate surface area is 190 Å². The van der Waals surface area contributed by atoms with Crippen molar-refractivity contribution in [3.63, 3.8) is 0 Å². The van der Waals surface area contributed by atoms with Crippen LogP contribution in [0.5, 0.6) is 0 Å². The van der Waals surface area contributed by atoms with Crippen molar-refractivity contribution < 1.29 is 4.79 Å². The molecule has 4 aromatic rings. The number of pyridine rings is 1. The SMILES string of the molecule is NC(CNc1nc(-c2ccncc2)nc2c(C(=O)NC3CC3)csc12)Cc1ccccc1. The third kappa shape index (κ3) is 4.61. The molecular formula is C24H24N6OS. The van der Waals surface area contributed by atoms with Gasteiger partial charge in [-0.25, -0.2) is 9.97 Å².